The largest absolute Gasteiger partial charge is 0.508 e. The molecule has 1 aromatic carbocycles. The van der Waals surface area contributed by atoms with Crippen LogP contribution in [-0.2, 0) is 20.7 Å². The van der Waals surface area contributed by atoms with Crippen LogP contribution in [0, 0.1) is 0 Å². The van der Waals surface area contributed by atoms with Gasteiger partial charge in [-0.15, -0.1) is 0 Å². The molecule has 1 amide bonds. The highest BCUT2D eigenvalue weighted by molar-refractivity contribution is 5.81. The Morgan fingerprint density at radius 2 is 1.91 bits per heavy atom. The lowest BCUT2D eigenvalue weighted by molar-refractivity contribution is -0.145. The van der Waals surface area contributed by atoms with Crippen molar-refractivity contribution in [3.05, 3.63) is 29.8 Å². The summed E-state index contributed by atoms with van der Waals surface area (Å²) in [6.45, 7) is 7.08. The third-order valence-corrected chi connectivity index (χ3v) is 2.68. The average Bonchev–Trinajstić information content (AvgIpc) is 2.38. The number of hydrogen-bond acceptors (Lipinski definition) is 5. The predicted molar refractivity (Wildman–Crippen MR) is 81.6 cm³/mol. The van der Waals surface area contributed by atoms with E-state index >= 15 is 0 Å². The molecule has 0 saturated carbocycles. The first-order valence-electron chi connectivity index (χ1n) is 7.16. The molecule has 0 fully saturated rings. The van der Waals surface area contributed by atoms with Crippen molar-refractivity contribution in [1.82, 2.24) is 5.32 Å². The fourth-order valence-corrected chi connectivity index (χ4v) is 1.79. The zero-order valence-corrected chi connectivity index (χ0v) is 13.4. The third kappa shape index (κ3) is 6.03. The van der Waals surface area contributed by atoms with Crippen LogP contribution >= 0.6 is 0 Å². The van der Waals surface area contributed by atoms with Gasteiger partial charge < -0.3 is 19.9 Å². The second-order valence-corrected chi connectivity index (χ2v) is 5.78. The number of para-hydroxylation sites is 1. The van der Waals surface area contributed by atoms with Gasteiger partial charge in [-0.25, -0.2) is 9.59 Å². The zero-order chi connectivity index (χ0) is 16.8. The van der Waals surface area contributed by atoms with Crippen LogP contribution in [-0.4, -0.2) is 35.4 Å². The van der Waals surface area contributed by atoms with Crippen LogP contribution in [0.25, 0.3) is 0 Å². The molecule has 0 bridgehead atoms. The van der Waals surface area contributed by atoms with Gasteiger partial charge in [0, 0.05) is 6.42 Å². The Bertz CT molecular complexity index is 522. The number of carbonyl (C=O) groups is 2. The molecular weight excluding hydrogens is 286 g/mol. The van der Waals surface area contributed by atoms with Crippen molar-refractivity contribution in [3.63, 3.8) is 0 Å². The van der Waals surface area contributed by atoms with E-state index < -0.39 is 23.7 Å². The van der Waals surface area contributed by atoms with E-state index in [4.69, 9.17) is 9.47 Å². The fourth-order valence-electron chi connectivity index (χ4n) is 1.79. The van der Waals surface area contributed by atoms with Gasteiger partial charge in [0.2, 0.25) is 0 Å². The lowest BCUT2D eigenvalue weighted by atomic mass is 10.1. The predicted octanol–water partition coefficient (Wildman–Crippen LogP) is 2.39. The number of rotatable bonds is 5. The lowest BCUT2D eigenvalue weighted by Crippen LogP contribution is -2.45. The first-order valence-corrected chi connectivity index (χ1v) is 7.16. The highest BCUT2D eigenvalue weighted by Gasteiger charge is 2.26. The van der Waals surface area contributed by atoms with Gasteiger partial charge in [-0.05, 0) is 39.3 Å². The molecular formula is C16H23NO5. The van der Waals surface area contributed by atoms with Crippen molar-refractivity contribution in [2.75, 3.05) is 6.61 Å². The minimum Gasteiger partial charge on any atom is -0.508 e. The monoisotopic (exact) mass is 309 g/mol. The Labute approximate surface area is 130 Å². The quantitative estimate of drug-likeness (QED) is 0.816. The van der Waals surface area contributed by atoms with Crippen molar-refractivity contribution < 1.29 is 24.2 Å². The average molecular weight is 309 g/mol. The van der Waals surface area contributed by atoms with Crippen LogP contribution in [0.1, 0.15) is 33.3 Å². The molecule has 1 atom stereocenters. The number of alkyl carbamates (subject to hydrolysis) is 1. The van der Waals surface area contributed by atoms with Crippen molar-refractivity contribution in [1.29, 1.82) is 0 Å². The Balaban J connectivity index is 2.83. The standard InChI is InChI=1S/C16H23NO5/c1-5-21-14(19)12(17-15(20)22-16(2,3)4)10-11-8-6-7-9-13(11)18/h6-9,12,18H,5,10H2,1-4H3,(H,17,20). The fraction of sp³-hybridized carbons (Fsp3) is 0.500. The summed E-state index contributed by atoms with van der Waals surface area (Å²) >= 11 is 0. The molecule has 1 rings (SSSR count). The minimum absolute atomic E-state index is 0.0581. The molecule has 0 aliphatic rings. The molecule has 0 saturated heterocycles. The van der Waals surface area contributed by atoms with E-state index in [1.807, 2.05) is 0 Å². The number of hydrogen-bond donors (Lipinski definition) is 2. The normalized spacial score (nSPS) is 12.4. The molecule has 0 aromatic heterocycles. The van der Waals surface area contributed by atoms with Crippen molar-refractivity contribution in [2.24, 2.45) is 0 Å². The summed E-state index contributed by atoms with van der Waals surface area (Å²) in [6.07, 6.45) is -0.592. The topological polar surface area (TPSA) is 84.9 Å². The highest BCUT2D eigenvalue weighted by atomic mass is 16.6. The van der Waals surface area contributed by atoms with E-state index in [-0.39, 0.29) is 18.8 Å². The minimum atomic E-state index is -0.928. The number of amides is 1. The third-order valence-electron chi connectivity index (χ3n) is 2.68. The van der Waals surface area contributed by atoms with E-state index in [1.165, 1.54) is 6.07 Å². The summed E-state index contributed by atoms with van der Waals surface area (Å²) < 4.78 is 10.1. The molecule has 1 aromatic rings. The molecule has 0 spiro atoms. The van der Waals surface area contributed by atoms with E-state index in [0.29, 0.717) is 5.56 Å². The Morgan fingerprint density at radius 1 is 1.27 bits per heavy atom. The molecule has 0 aliphatic heterocycles. The van der Waals surface area contributed by atoms with Crippen LogP contribution in [0.15, 0.2) is 24.3 Å². The molecule has 0 aliphatic carbocycles. The van der Waals surface area contributed by atoms with E-state index in [2.05, 4.69) is 5.32 Å². The summed E-state index contributed by atoms with van der Waals surface area (Å²) in [5.74, 6) is -0.514. The van der Waals surface area contributed by atoms with Gasteiger partial charge in [0.1, 0.15) is 17.4 Å². The summed E-state index contributed by atoms with van der Waals surface area (Å²) in [4.78, 5) is 23.8. The van der Waals surface area contributed by atoms with Crippen LogP contribution in [0.3, 0.4) is 0 Å². The maximum absolute atomic E-state index is 12.0. The lowest BCUT2D eigenvalue weighted by Gasteiger charge is -2.23. The molecule has 0 heterocycles. The van der Waals surface area contributed by atoms with Crippen molar-refractivity contribution in [2.45, 2.75) is 45.8 Å². The maximum atomic E-state index is 12.0. The number of phenols is 1. The molecule has 2 N–H and O–H groups in total. The second kappa shape index (κ2) is 7.68. The highest BCUT2D eigenvalue weighted by Crippen LogP contribution is 2.18. The number of aromatic hydroxyl groups is 1. The molecule has 6 heteroatoms. The van der Waals surface area contributed by atoms with Crippen LogP contribution < -0.4 is 5.32 Å². The van der Waals surface area contributed by atoms with Gasteiger partial charge in [0.15, 0.2) is 0 Å². The molecule has 6 nitrogen and oxygen atoms in total. The van der Waals surface area contributed by atoms with Crippen LogP contribution in [0.2, 0.25) is 0 Å². The molecule has 0 radical (unpaired) electrons. The van der Waals surface area contributed by atoms with E-state index in [1.54, 1.807) is 45.9 Å². The van der Waals surface area contributed by atoms with Crippen LogP contribution in [0.4, 0.5) is 4.79 Å². The number of benzene rings is 1. The Morgan fingerprint density at radius 3 is 2.45 bits per heavy atom. The van der Waals surface area contributed by atoms with Crippen LogP contribution in [0.5, 0.6) is 5.75 Å². The molecule has 1 unspecified atom stereocenters. The summed E-state index contributed by atoms with van der Waals surface area (Å²) in [6, 6.07) is 5.69. The van der Waals surface area contributed by atoms with Gasteiger partial charge in [-0.3, -0.25) is 0 Å². The number of nitrogens with one attached hydrogen (secondary N) is 1. The zero-order valence-electron chi connectivity index (χ0n) is 13.4. The van der Waals surface area contributed by atoms with E-state index in [0.717, 1.165) is 0 Å². The number of carbonyl (C=O) groups excluding carboxylic acids is 2. The summed E-state index contributed by atoms with van der Waals surface area (Å²) in [5, 5.41) is 12.3. The first-order chi connectivity index (χ1) is 10.2. The summed E-state index contributed by atoms with van der Waals surface area (Å²) in [5.41, 5.74) is -0.130. The van der Waals surface area contributed by atoms with Gasteiger partial charge in [0.05, 0.1) is 6.61 Å². The Hall–Kier alpha value is -2.24. The van der Waals surface area contributed by atoms with Gasteiger partial charge in [-0.1, -0.05) is 18.2 Å². The van der Waals surface area contributed by atoms with Crippen molar-refractivity contribution >= 4 is 12.1 Å². The van der Waals surface area contributed by atoms with Gasteiger partial charge in [-0.2, -0.15) is 0 Å². The van der Waals surface area contributed by atoms with E-state index in [9.17, 15) is 14.7 Å². The molecule has 22 heavy (non-hydrogen) atoms. The van der Waals surface area contributed by atoms with Gasteiger partial charge >= 0.3 is 12.1 Å². The second-order valence-electron chi connectivity index (χ2n) is 5.78. The smallest absolute Gasteiger partial charge is 0.408 e. The SMILES string of the molecule is CCOC(=O)C(Cc1ccccc1O)NC(=O)OC(C)(C)C. The van der Waals surface area contributed by atoms with Gasteiger partial charge in [0.25, 0.3) is 0 Å². The number of ether oxygens (including phenoxy) is 2. The number of esters is 1. The Kier molecular flexibility index (Phi) is 6.22. The maximum Gasteiger partial charge on any atom is 0.408 e. The first kappa shape index (κ1) is 17.8. The molecule has 122 valence electrons. The summed E-state index contributed by atoms with van der Waals surface area (Å²) in [7, 11) is 0. The number of phenolic OH excluding ortho intramolecular Hbond substituents is 1. The van der Waals surface area contributed by atoms with Crippen molar-refractivity contribution in [3.8, 4) is 5.75 Å².